The second-order valence-electron chi connectivity index (χ2n) is 18.7. The van der Waals surface area contributed by atoms with Gasteiger partial charge in [-0.05, 0) is 86.7 Å². The Kier molecular flexibility index (Phi) is 8.15. The summed E-state index contributed by atoms with van der Waals surface area (Å²) in [4.78, 5) is 4.95. The van der Waals surface area contributed by atoms with Gasteiger partial charge in [0.05, 0.1) is 11.0 Å². The zero-order chi connectivity index (χ0) is 41.7. The van der Waals surface area contributed by atoms with Crippen molar-refractivity contribution < 1.29 is 4.74 Å². The molecular weight excluding hydrogens is 745 g/mol. The van der Waals surface area contributed by atoms with Crippen LogP contribution in [0.25, 0.3) is 49.9 Å². The average molecular weight is 794 g/mol. The molecular formula is C56H49N4O+. The van der Waals surface area contributed by atoms with Crippen LogP contribution in [0.15, 0.2) is 182 Å². The van der Waals surface area contributed by atoms with E-state index in [0.29, 0.717) is 9.18 Å². The van der Waals surface area contributed by atoms with E-state index in [1.807, 2.05) is 6.20 Å². The predicted octanol–water partition coefficient (Wildman–Crippen LogP) is 15.2. The average Bonchev–Trinajstić information content (AvgIpc) is 3.77. The Morgan fingerprint density at radius 1 is 0.459 bits per heavy atom. The Bertz CT molecular complexity index is 3170. The smallest absolute Gasteiger partial charge is 0.225 e. The molecule has 7 aromatic carbocycles. The predicted molar refractivity (Wildman–Crippen MR) is 253 cm³/mol. The SMILES string of the molecule is CC(C)(C)c1cc(-c2ccccc2)cc([N@+]23[CH-][N+]2(c2cccc(Oc4ccc5c6cc(-c7ccccc7)ccc6n(-c6cc(C(C)(C)C)ccn6)c5c4)c2)c2ccccc23)c1. The van der Waals surface area contributed by atoms with Crippen molar-refractivity contribution in [3.8, 4) is 39.6 Å². The summed E-state index contributed by atoms with van der Waals surface area (Å²) in [6.45, 7) is 16.1. The summed E-state index contributed by atoms with van der Waals surface area (Å²) in [7, 11) is 0. The van der Waals surface area contributed by atoms with E-state index >= 15 is 0 Å². The van der Waals surface area contributed by atoms with Crippen LogP contribution in [0.2, 0.25) is 0 Å². The van der Waals surface area contributed by atoms with Crippen molar-refractivity contribution >= 4 is 44.6 Å². The van der Waals surface area contributed by atoms with Crippen LogP contribution in [0.5, 0.6) is 11.5 Å². The summed E-state index contributed by atoms with van der Waals surface area (Å²) >= 11 is 0. The molecule has 5 nitrogen and oxygen atoms in total. The van der Waals surface area contributed by atoms with E-state index in [0.717, 1.165) is 39.4 Å². The summed E-state index contributed by atoms with van der Waals surface area (Å²) in [5.41, 5.74) is 14.5. The third kappa shape index (κ3) is 5.79. The van der Waals surface area contributed by atoms with Gasteiger partial charge in [0.1, 0.15) is 17.3 Å². The molecule has 0 radical (unpaired) electrons. The Balaban J connectivity index is 1.01. The van der Waals surface area contributed by atoms with Gasteiger partial charge in [-0.15, -0.1) is 0 Å². The molecule has 0 N–H and O–H groups in total. The van der Waals surface area contributed by atoms with Crippen LogP contribution in [-0.4, -0.2) is 9.55 Å². The third-order valence-corrected chi connectivity index (χ3v) is 12.8. The number of hydrogen-bond acceptors (Lipinski definition) is 2. The van der Waals surface area contributed by atoms with Crippen molar-refractivity contribution in [3.63, 3.8) is 0 Å². The van der Waals surface area contributed by atoms with Crippen molar-refractivity contribution in [1.82, 2.24) is 18.7 Å². The molecule has 9 aromatic rings. The number of quaternary nitrogens is 2. The Morgan fingerprint density at radius 3 is 1.82 bits per heavy atom. The Morgan fingerprint density at radius 2 is 1.11 bits per heavy atom. The first-order chi connectivity index (χ1) is 29.4. The highest BCUT2D eigenvalue weighted by Gasteiger charge is 2.78. The Hall–Kier alpha value is -6.79. The van der Waals surface area contributed by atoms with E-state index in [2.05, 4.69) is 229 Å². The maximum Gasteiger partial charge on any atom is 0.225 e. The minimum absolute atomic E-state index is 0.0237. The number of rotatable bonds is 7. The highest BCUT2D eigenvalue weighted by molar-refractivity contribution is 6.10. The summed E-state index contributed by atoms with van der Waals surface area (Å²) in [6.07, 6.45) is 1.93. The van der Waals surface area contributed by atoms with Crippen LogP contribution >= 0.6 is 0 Å². The van der Waals surface area contributed by atoms with Gasteiger partial charge in [0.2, 0.25) is 11.4 Å². The van der Waals surface area contributed by atoms with E-state index in [-0.39, 0.29) is 10.8 Å². The molecule has 1 fully saturated rings. The van der Waals surface area contributed by atoms with E-state index in [1.165, 1.54) is 55.8 Å². The van der Waals surface area contributed by atoms with Crippen LogP contribution in [0.1, 0.15) is 52.7 Å². The first kappa shape index (κ1) is 37.2. The normalized spacial score (nSPS) is 18.1. The summed E-state index contributed by atoms with van der Waals surface area (Å²) in [5.74, 6) is 2.46. The quantitative estimate of drug-likeness (QED) is 0.0913. The molecule has 0 spiro atoms. The van der Waals surface area contributed by atoms with E-state index in [9.17, 15) is 0 Å². The maximum absolute atomic E-state index is 6.87. The minimum atomic E-state index is -0.0238. The second-order valence-corrected chi connectivity index (χ2v) is 18.7. The molecule has 0 bridgehead atoms. The second kappa shape index (κ2) is 13.4. The van der Waals surface area contributed by atoms with Crippen LogP contribution in [0, 0.1) is 6.67 Å². The first-order valence-electron chi connectivity index (χ1n) is 21.3. The number of nitrogens with zero attached hydrogens (tertiary/aromatic N) is 4. The minimum Gasteiger partial charge on any atom is -0.457 e. The molecule has 61 heavy (non-hydrogen) atoms. The van der Waals surface area contributed by atoms with Gasteiger partial charge in [0.15, 0.2) is 18.0 Å². The van der Waals surface area contributed by atoms with E-state index in [4.69, 9.17) is 9.72 Å². The molecule has 11 rings (SSSR count). The van der Waals surface area contributed by atoms with Gasteiger partial charge in [0, 0.05) is 59.4 Å². The summed E-state index contributed by atoms with van der Waals surface area (Å²) in [5, 5.41) is 2.33. The van der Waals surface area contributed by atoms with Gasteiger partial charge in [-0.1, -0.05) is 133 Å². The van der Waals surface area contributed by atoms with Crippen LogP contribution in [0.4, 0.5) is 22.7 Å². The lowest BCUT2D eigenvalue weighted by atomic mass is 9.84. The van der Waals surface area contributed by atoms with Crippen molar-refractivity contribution in [1.29, 1.82) is 0 Å². The zero-order valence-electron chi connectivity index (χ0n) is 35.6. The van der Waals surface area contributed by atoms with E-state index in [1.54, 1.807) is 0 Å². The molecule has 0 amide bonds. The highest BCUT2D eigenvalue weighted by atomic mass is 16.5. The van der Waals surface area contributed by atoms with Gasteiger partial charge >= 0.3 is 0 Å². The lowest BCUT2D eigenvalue weighted by Crippen LogP contribution is -2.46. The summed E-state index contributed by atoms with van der Waals surface area (Å²) in [6, 6.07) is 63.7. The summed E-state index contributed by atoms with van der Waals surface area (Å²) < 4.78 is 10.4. The number of pyridine rings is 1. The number of hydrogen-bond donors (Lipinski definition) is 0. The molecule has 1 saturated heterocycles. The molecule has 2 aliphatic heterocycles. The van der Waals surface area contributed by atoms with Crippen LogP contribution < -0.4 is 13.9 Å². The van der Waals surface area contributed by atoms with Gasteiger partial charge in [-0.25, -0.2) is 4.98 Å². The highest BCUT2D eigenvalue weighted by Crippen LogP contribution is 2.75. The molecule has 2 aliphatic rings. The number of benzene rings is 7. The fourth-order valence-electron chi connectivity index (χ4n) is 9.52. The molecule has 5 heteroatoms. The number of ether oxygens (including phenoxy) is 1. The molecule has 4 heterocycles. The topological polar surface area (TPSA) is 27.1 Å². The standard InChI is InChI=1S/C56H49N4O/c1-55(2,3)42-28-29-57-54(34-42)58-50-27-24-40(38-16-9-7-10-17-38)32-49(50)48-26-25-47(36-51(48)58)61-46-21-15-20-44(35-46)59-37-60(59,53-23-14-13-22-52(53)59)45-31-41(39-18-11-8-12-19-39)30-43(33-45)56(4,5)6/h7-37H,1-6H3/q+1/t59?,60-/m0/s1. The molecule has 298 valence electrons. The van der Waals surface area contributed by atoms with Gasteiger partial charge in [0.25, 0.3) is 0 Å². The Labute approximate surface area is 358 Å². The van der Waals surface area contributed by atoms with Crippen molar-refractivity contribution in [2.75, 3.05) is 0 Å². The van der Waals surface area contributed by atoms with Crippen molar-refractivity contribution in [2.24, 2.45) is 0 Å². The third-order valence-electron chi connectivity index (χ3n) is 12.8. The first-order valence-corrected chi connectivity index (χ1v) is 21.3. The van der Waals surface area contributed by atoms with Crippen molar-refractivity contribution in [2.45, 2.75) is 52.4 Å². The lowest BCUT2D eigenvalue weighted by Gasteiger charge is -2.40. The monoisotopic (exact) mass is 793 g/mol. The molecule has 2 atom stereocenters. The fraction of sp³-hybridized carbons (Fsp3) is 0.143. The van der Waals surface area contributed by atoms with Gasteiger partial charge < -0.3 is 4.74 Å². The number of fused-ring (bicyclic) bond motifs is 7. The lowest BCUT2D eigenvalue weighted by molar-refractivity contribution is 0.423. The zero-order valence-corrected chi connectivity index (χ0v) is 35.6. The maximum atomic E-state index is 6.87. The molecule has 1 unspecified atom stereocenters. The number of aromatic nitrogens is 2. The van der Waals surface area contributed by atoms with E-state index < -0.39 is 0 Å². The van der Waals surface area contributed by atoms with Crippen LogP contribution in [-0.2, 0) is 10.8 Å². The van der Waals surface area contributed by atoms with Crippen molar-refractivity contribution in [3.05, 3.63) is 200 Å². The molecule has 0 saturated carbocycles. The largest absolute Gasteiger partial charge is 0.457 e. The van der Waals surface area contributed by atoms with Gasteiger partial charge in [-0.3, -0.25) is 4.57 Å². The molecule has 2 aromatic heterocycles. The fourth-order valence-corrected chi connectivity index (χ4v) is 9.52. The van der Waals surface area contributed by atoms with Gasteiger partial charge in [-0.2, -0.15) is 9.18 Å². The molecule has 0 aliphatic carbocycles. The van der Waals surface area contributed by atoms with Crippen LogP contribution in [0.3, 0.4) is 0 Å². The number of para-hydroxylation sites is 2.